The summed E-state index contributed by atoms with van der Waals surface area (Å²) in [5, 5.41) is 12.0. The van der Waals surface area contributed by atoms with Crippen molar-refractivity contribution in [3.8, 4) is 17.6 Å². The number of hydrogen-bond donors (Lipinski definition) is 1. The molecule has 2 rings (SSSR count). The van der Waals surface area contributed by atoms with Gasteiger partial charge in [0.25, 0.3) is 0 Å². The molecule has 0 bridgehead atoms. The van der Waals surface area contributed by atoms with Gasteiger partial charge in [0.2, 0.25) is 0 Å². The summed E-state index contributed by atoms with van der Waals surface area (Å²) in [6, 6.07) is 13.3. The average Bonchev–Trinajstić information content (AvgIpc) is 2.43. The van der Waals surface area contributed by atoms with Gasteiger partial charge in [-0.1, -0.05) is 12.1 Å². The normalized spacial score (nSPS) is 9.95. The van der Waals surface area contributed by atoms with E-state index >= 15 is 0 Å². The van der Waals surface area contributed by atoms with Gasteiger partial charge in [-0.2, -0.15) is 5.26 Å². The fourth-order valence-corrected chi connectivity index (χ4v) is 1.69. The molecular formula is C15H13FN2O. The van der Waals surface area contributed by atoms with Gasteiger partial charge >= 0.3 is 0 Å². The molecule has 0 heterocycles. The molecule has 1 N–H and O–H groups in total. The summed E-state index contributed by atoms with van der Waals surface area (Å²) in [4.78, 5) is 0. The van der Waals surface area contributed by atoms with Gasteiger partial charge in [0.05, 0.1) is 5.56 Å². The van der Waals surface area contributed by atoms with Crippen molar-refractivity contribution in [3.05, 3.63) is 59.4 Å². The number of ether oxygens (including phenoxy) is 1. The molecule has 0 spiro atoms. The lowest BCUT2D eigenvalue weighted by molar-refractivity contribution is 0.478. The lowest BCUT2D eigenvalue weighted by Gasteiger charge is -2.08. The van der Waals surface area contributed by atoms with E-state index < -0.39 is 5.82 Å². The zero-order valence-electron chi connectivity index (χ0n) is 10.5. The first kappa shape index (κ1) is 13.1. The van der Waals surface area contributed by atoms with E-state index in [0.29, 0.717) is 11.5 Å². The molecule has 2 aromatic rings. The predicted molar refractivity (Wildman–Crippen MR) is 70.4 cm³/mol. The lowest BCUT2D eigenvalue weighted by Crippen LogP contribution is -2.04. The van der Waals surface area contributed by atoms with Crippen LogP contribution in [0.4, 0.5) is 4.39 Å². The Morgan fingerprint density at radius 3 is 2.58 bits per heavy atom. The molecule has 4 heteroatoms. The van der Waals surface area contributed by atoms with E-state index in [4.69, 9.17) is 10.00 Å². The van der Waals surface area contributed by atoms with E-state index in [1.54, 1.807) is 0 Å². The Morgan fingerprint density at radius 1 is 1.21 bits per heavy atom. The second-order valence-corrected chi connectivity index (χ2v) is 4.03. The Balaban J connectivity index is 2.19. The number of nitriles is 1. The Kier molecular flexibility index (Phi) is 4.11. The third kappa shape index (κ3) is 3.30. The summed E-state index contributed by atoms with van der Waals surface area (Å²) >= 11 is 0. The minimum atomic E-state index is -0.451. The van der Waals surface area contributed by atoms with Crippen molar-refractivity contribution in [3.63, 3.8) is 0 Å². The van der Waals surface area contributed by atoms with Crippen LogP contribution in [-0.4, -0.2) is 7.05 Å². The molecule has 0 radical (unpaired) electrons. The molecule has 0 aliphatic rings. The van der Waals surface area contributed by atoms with Crippen molar-refractivity contribution >= 4 is 0 Å². The lowest BCUT2D eigenvalue weighted by atomic mass is 10.2. The van der Waals surface area contributed by atoms with Crippen LogP contribution in [-0.2, 0) is 6.54 Å². The predicted octanol–water partition coefficient (Wildman–Crippen LogP) is 3.21. The molecule has 19 heavy (non-hydrogen) atoms. The molecule has 96 valence electrons. The molecule has 0 aliphatic heterocycles. The molecule has 0 amide bonds. The summed E-state index contributed by atoms with van der Waals surface area (Å²) in [5.74, 6) is 0.515. The van der Waals surface area contributed by atoms with E-state index in [1.165, 1.54) is 12.1 Å². The van der Waals surface area contributed by atoms with Crippen LogP contribution >= 0.6 is 0 Å². The van der Waals surface area contributed by atoms with Crippen molar-refractivity contribution < 1.29 is 9.13 Å². The first-order chi connectivity index (χ1) is 9.22. The number of benzene rings is 2. The highest BCUT2D eigenvalue weighted by Gasteiger charge is 2.06. The van der Waals surface area contributed by atoms with Crippen LogP contribution in [0.5, 0.6) is 11.5 Å². The van der Waals surface area contributed by atoms with Crippen LogP contribution in [0.25, 0.3) is 0 Å². The van der Waals surface area contributed by atoms with Gasteiger partial charge < -0.3 is 10.1 Å². The quantitative estimate of drug-likeness (QED) is 0.913. The molecule has 0 fully saturated rings. The van der Waals surface area contributed by atoms with Gasteiger partial charge in [0.15, 0.2) is 0 Å². The highest BCUT2D eigenvalue weighted by atomic mass is 19.1. The summed E-state index contributed by atoms with van der Waals surface area (Å²) in [6.45, 7) is 0.778. The summed E-state index contributed by atoms with van der Waals surface area (Å²) in [7, 11) is 1.88. The molecule has 2 aromatic carbocycles. The van der Waals surface area contributed by atoms with Crippen LogP contribution in [0.3, 0.4) is 0 Å². The summed E-state index contributed by atoms with van der Waals surface area (Å²) in [6.07, 6.45) is 0. The molecule has 0 atom stereocenters. The Bertz CT molecular complexity index is 603. The van der Waals surface area contributed by atoms with E-state index in [2.05, 4.69) is 5.32 Å². The van der Waals surface area contributed by atoms with Crippen LogP contribution < -0.4 is 10.1 Å². The maximum atomic E-state index is 13.0. The monoisotopic (exact) mass is 256 g/mol. The van der Waals surface area contributed by atoms with E-state index in [0.717, 1.165) is 18.2 Å². The topological polar surface area (TPSA) is 45.0 Å². The minimum Gasteiger partial charge on any atom is -0.456 e. The standard InChI is InChI=1S/C15H13FN2O/c1-18-10-11-2-5-14(6-3-11)19-15-7-4-13(16)8-12(15)9-17/h2-8,18H,10H2,1H3. The highest BCUT2D eigenvalue weighted by Crippen LogP contribution is 2.25. The number of hydrogen-bond acceptors (Lipinski definition) is 3. The van der Waals surface area contributed by atoms with Crippen molar-refractivity contribution in [2.45, 2.75) is 6.54 Å². The second kappa shape index (κ2) is 5.98. The fraction of sp³-hybridized carbons (Fsp3) is 0.133. The van der Waals surface area contributed by atoms with Crippen LogP contribution in [0.2, 0.25) is 0 Å². The largest absolute Gasteiger partial charge is 0.456 e. The zero-order valence-corrected chi connectivity index (χ0v) is 10.5. The van der Waals surface area contributed by atoms with Crippen molar-refractivity contribution in [1.82, 2.24) is 5.32 Å². The van der Waals surface area contributed by atoms with Crippen molar-refractivity contribution in [2.24, 2.45) is 0 Å². The first-order valence-corrected chi connectivity index (χ1v) is 5.84. The van der Waals surface area contributed by atoms with E-state index in [9.17, 15) is 4.39 Å². The molecule has 3 nitrogen and oxygen atoms in total. The molecule has 0 aromatic heterocycles. The molecular weight excluding hydrogens is 243 g/mol. The van der Waals surface area contributed by atoms with Crippen molar-refractivity contribution in [2.75, 3.05) is 7.05 Å². The van der Waals surface area contributed by atoms with Gasteiger partial charge in [0.1, 0.15) is 23.4 Å². The molecule has 0 saturated carbocycles. The van der Waals surface area contributed by atoms with Crippen molar-refractivity contribution in [1.29, 1.82) is 5.26 Å². The Labute approximate surface area is 111 Å². The minimum absolute atomic E-state index is 0.180. The maximum Gasteiger partial charge on any atom is 0.145 e. The van der Waals surface area contributed by atoms with Crippen LogP contribution in [0, 0.1) is 17.1 Å². The second-order valence-electron chi connectivity index (χ2n) is 4.03. The molecule has 0 aliphatic carbocycles. The molecule has 0 saturated heterocycles. The average molecular weight is 256 g/mol. The number of halogens is 1. The third-order valence-corrected chi connectivity index (χ3v) is 2.59. The molecule has 0 unspecified atom stereocenters. The van der Waals surface area contributed by atoms with E-state index in [-0.39, 0.29) is 5.56 Å². The first-order valence-electron chi connectivity index (χ1n) is 5.84. The highest BCUT2D eigenvalue weighted by molar-refractivity contribution is 5.45. The maximum absolute atomic E-state index is 13.0. The fourth-order valence-electron chi connectivity index (χ4n) is 1.69. The van der Waals surface area contributed by atoms with Gasteiger partial charge in [-0.25, -0.2) is 4.39 Å². The number of nitrogens with zero attached hydrogens (tertiary/aromatic N) is 1. The van der Waals surface area contributed by atoms with Gasteiger partial charge in [0, 0.05) is 6.54 Å². The summed E-state index contributed by atoms with van der Waals surface area (Å²) < 4.78 is 18.6. The number of nitrogens with one attached hydrogen (secondary N) is 1. The van der Waals surface area contributed by atoms with Gasteiger partial charge in [-0.3, -0.25) is 0 Å². The Morgan fingerprint density at radius 2 is 1.95 bits per heavy atom. The smallest absolute Gasteiger partial charge is 0.145 e. The van der Waals surface area contributed by atoms with Crippen LogP contribution in [0.1, 0.15) is 11.1 Å². The Hall–Kier alpha value is -2.38. The summed E-state index contributed by atoms with van der Waals surface area (Å²) in [5.41, 5.74) is 1.31. The van der Waals surface area contributed by atoms with Crippen LogP contribution in [0.15, 0.2) is 42.5 Å². The van der Waals surface area contributed by atoms with E-state index in [1.807, 2.05) is 37.4 Å². The zero-order chi connectivity index (χ0) is 13.7. The van der Waals surface area contributed by atoms with Gasteiger partial charge in [-0.15, -0.1) is 0 Å². The number of rotatable bonds is 4. The third-order valence-electron chi connectivity index (χ3n) is 2.59. The van der Waals surface area contributed by atoms with Gasteiger partial charge in [-0.05, 0) is 42.9 Å². The SMILES string of the molecule is CNCc1ccc(Oc2ccc(F)cc2C#N)cc1.